The van der Waals surface area contributed by atoms with Gasteiger partial charge in [0, 0.05) is 78.0 Å². The van der Waals surface area contributed by atoms with Gasteiger partial charge < -0.3 is 24.2 Å². The van der Waals surface area contributed by atoms with Crippen LogP contribution in [0.5, 0.6) is 5.75 Å². The zero-order valence-electron chi connectivity index (χ0n) is 20.0. The number of nitrogens with zero attached hydrogens (tertiary/aromatic N) is 3. The summed E-state index contributed by atoms with van der Waals surface area (Å²) in [6.45, 7) is 5.94. The summed E-state index contributed by atoms with van der Waals surface area (Å²) in [6.07, 6.45) is 4.25. The van der Waals surface area contributed by atoms with Gasteiger partial charge in [0.15, 0.2) is 0 Å². The van der Waals surface area contributed by atoms with Crippen LogP contribution in [0.25, 0.3) is 0 Å². The Labute approximate surface area is 201 Å². The molecule has 5 rings (SSSR count). The highest BCUT2D eigenvalue weighted by molar-refractivity contribution is 5.82. The number of benzene rings is 1. The van der Waals surface area contributed by atoms with Crippen molar-refractivity contribution in [2.24, 2.45) is 0 Å². The third-order valence-corrected chi connectivity index (χ3v) is 7.99. The number of hydrogen-bond acceptors (Lipinski definition) is 5. The van der Waals surface area contributed by atoms with Gasteiger partial charge in [-0.15, -0.1) is 0 Å². The lowest BCUT2D eigenvalue weighted by atomic mass is 9.76. The third kappa shape index (κ3) is 4.65. The van der Waals surface area contributed by atoms with Gasteiger partial charge in [-0.2, -0.15) is 0 Å². The average molecular weight is 470 g/mol. The van der Waals surface area contributed by atoms with Crippen LogP contribution < -0.4 is 4.74 Å². The van der Waals surface area contributed by atoms with E-state index < -0.39 is 0 Å². The van der Waals surface area contributed by atoms with E-state index in [0.717, 1.165) is 43.4 Å². The van der Waals surface area contributed by atoms with Gasteiger partial charge >= 0.3 is 0 Å². The molecule has 4 aliphatic rings. The van der Waals surface area contributed by atoms with Gasteiger partial charge in [0.25, 0.3) is 5.91 Å². The summed E-state index contributed by atoms with van der Waals surface area (Å²) >= 11 is 0. The van der Waals surface area contributed by atoms with Crippen molar-refractivity contribution in [3.63, 3.8) is 0 Å². The fraction of sp³-hybridized carbons (Fsp3) is 0.654. The van der Waals surface area contributed by atoms with Crippen LogP contribution in [0.3, 0.4) is 0 Å². The topological polar surface area (TPSA) is 79.4 Å². The molecule has 34 heavy (non-hydrogen) atoms. The highest BCUT2D eigenvalue weighted by atomic mass is 16.5. The number of rotatable bonds is 3. The number of hydrogen-bond donors (Lipinski definition) is 0. The molecule has 1 aromatic carbocycles. The largest absolute Gasteiger partial charge is 0.487 e. The molecular weight excluding hydrogens is 434 g/mol. The molecule has 0 aromatic heterocycles. The molecule has 0 unspecified atom stereocenters. The second kappa shape index (κ2) is 9.56. The Morgan fingerprint density at radius 3 is 2.35 bits per heavy atom. The number of para-hydroxylation sites is 1. The highest BCUT2D eigenvalue weighted by Gasteiger charge is 2.44. The van der Waals surface area contributed by atoms with E-state index in [1.807, 2.05) is 32.9 Å². The molecule has 4 heterocycles. The fourth-order valence-electron chi connectivity index (χ4n) is 5.95. The van der Waals surface area contributed by atoms with Crippen LogP contribution in [0.15, 0.2) is 24.3 Å². The first-order chi connectivity index (χ1) is 16.4. The van der Waals surface area contributed by atoms with Crippen molar-refractivity contribution in [3.05, 3.63) is 29.8 Å². The maximum atomic E-state index is 13.3. The van der Waals surface area contributed by atoms with Gasteiger partial charge in [-0.1, -0.05) is 18.2 Å². The maximum Gasteiger partial charge on any atom is 0.251 e. The molecule has 3 fully saturated rings. The summed E-state index contributed by atoms with van der Waals surface area (Å²) < 4.78 is 12.1. The van der Waals surface area contributed by atoms with Crippen LogP contribution in [0, 0.1) is 0 Å². The fourth-order valence-corrected chi connectivity index (χ4v) is 5.95. The number of piperazine rings is 1. The van der Waals surface area contributed by atoms with Crippen LogP contribution in [0.1, 0.15) is 56.9 Å². The van der Waals surface area contributed by atoms with Crippen molar-refractivity contribution >= 4 is 17.7 Å². The molecule has 0 saturated carbocycles. The Morgan fingerprint density at radius 2 is 1.68 bits per heavy atom. The van der Waals surface area contributed by atoms with Crippen molar-refractivity contribution in [1.82, 2.24) is 14.7 Å². The Kier molecular flexibility index (Phi) is 6.51. The number of amides is 3. The predicted molar refractivity (Wildman–Crippen MR) is 125 cm³/mol. The van der Waals surface area contributed by atoms with Crippen molar-refractivity contribution in [2.75, 3.05) is 45.9 Å². The third-order valence-electron chi connectivity index (χ3n) is 7.99. The van der Waals surface area contributed by atoms with E-state index in [1.54, 1.807) is 6.92 Å². The molecule has 0 radical (unpaired) electrons. The Morgan fingerprint density at radius 1 is 0.971 bits per heavy atom. The smallest absolute Gasteiger partial charge is 0.251 e. The zero-order chi connectivity index (χ0) is 23.7. The molecule has 4 aliphatic heterocycles. The predicted octanol–water partition coefficient (Wildman–Crippen LogP) is 2.17. The minimum atomic E-state index is -0.322. The summed E-state index contributed by atoms with van der Waals surface area (Å²) in [4.78, 5) is 43.4. The zero-order valence-corrected chi connectivity index (χ0v) is 20.0. The number of likely N-dealkylation sites (tertiary alicyclic amines) is 1. The summed E-state index contributed by atoms with van der Waals surface area (Å²) in [5, 5.41) is 0. The van der Waals surface area contributed by atoms with Crippen molar-refractivity contribution in [1.29, 1.82) is 0 Å². The van der Waals surface area contributed by atoms with Crippen LogP contribution in [-0.4, -0.2) is 90.0 Å². The molecule has 0 N–H and O–H groups in total. The monoisotopic (exact) mass is 469 g/mol. The first-order valence-electron chi connectivity index (χ1n) is 12.7. The second-order valence-electron chi connectivity index (χ2n) is 10.1. The summed E-state index contributed by atoms with van der Waals surface area (Å²) in [5.74, 6) is 1.28. The van der Waals surface area contributed by atoms with Crippen molar-refractivity contribution in [2.45, 2.75) is 63.1 Å². The lowest BCUT2D eigenvalue weighted by Gasteiger charge is -2.47. The lowest BCUT2D eigenvalue weighted by molar-refractivity contribution is -0.146. The average Bonchev–Trinajstić information content (AvgIpc) is 3.39. The molecule has 8 nitrogen and oxygen atoms in total. The van der Waals surface area contributed by atoms with E-state index in [0.29, 0.717) is 52.3 Å². The molecule has 0 aliphatic carbocycles. The molecule has 0 bridgehead atoms. The number of fused-ring (bicyclic) bond motifs is 1. The minimum absolute atomic E-state index is 0.0711. The standard InChI is InChI=1S/C26H35N3O5/c1-19(30)27-10-8-26(9-11-27)18-20(21-5-2-3-6-22(21)34-26)17-24(31)28-12-14-29(15-13-28)25(32)23-7-4-16-33-23/h2-3,5-6,20,23H,4,7-18H2,1H3/t20-,23-/m0/s1. The van der Waals surface area contributed by atoms with Gasteiger partial charge in [0.05, 0.1) is 0 Å². The van der Waals surface area contributed by atoms with Crippen molar-refractivity contribution in [3.8, 4) is 5.75 Å². The molecule has 8 heteroatoms. The normalized spacial score (nSPS) is 26.2. The molecule has 1 aromatic rings. The Balaban J connectivity index is 1.22. The van der Waals surface area contributed by atoms with E-state index in [2.05, 4.69) is 6.07 Å². The first kappa shape index (κ1) is 23.1. The van der Waals surface area contributed by atoms with Gasteiger partial charge in [-0.05, 0) is 30.9 Å². The van der Waals surface area contributed by atoms with Gasteiger partial charge in [0.2, 0.25) is 11.8 Å². The SMILES string of the molecule is CC(=O)N1CCC2(CC1)C[C@H](CC(=O)N1CCN(C(=O)[C@@H]3CCCO3)CC1)c1ccccc1O2. The highest BCUT2D eigenvalue weighted by Crippen LogP contribution is 2.46. The first-order valence-corrected chi connectivity index (χ1v) is 12.7. The van der Waals surface area contributed by atoms with E-state index in [9.17, 15) is 14.4 Å². The van der Waals surface area contributed by atoms with E-state index >= 15 is 0 Å². The lowest BCUT2D eigenvalue weighted by Crippen LogP contribution is -2.53. The van der Waals surface area contributed by atoms with E-state index in [4.69, 9.17) is 9.47 Å². The summed E-state index contributed by atoms with van der Waals surface area (Å²) in [7, 11) is 0. The number of piperidine rings is 1. The summed E-state index contributed by atoms with van der Waals surface area (Å²) in [6, 6.07) is 8.06. The van der Waals surface area contributed by atoms with Gasteiger partial charge in [-0.25, -0.2) is 0 Å². The van der Waals surface area contributed by atoms with Gasteiger partial charge in [0.1, 0.15) is 17.5 Å². The van der Waals surface area contributed by atoms with Crippen LogP contribution in [0.4, 0.5) is 0 Å². The maximum absolute atomic E-state index is 13.3. The molecule has 1 spiro atoms. The quantitative estimate of drug-likeness (QED) is 0.678. The molecule has 3 saturated heterocycles. The van der Waals surface area contributed by atoms with Crippen molar-refractivity contribution < 1.29 is 23.9 Å². The van der Waals surface area contributed by atoms with Gasteiger partial charge in [-0.3, -0.25) is 14.4 Å². The minimum Gasteiger partial charge on any atom is -0.487 e. The Hall–Kier alpha value is -2.61. The number of carbonyl (C=O) groups excluding carboxylic acids is 3. The molecule has 3 amide bonds. The van der Waals surface area contributed by atoms with Crippen LogP contribution >= 0.6 is 0 Å². The second-order valence-corrected chi connectivity index (χ2v) is 10.1. The van der Waals surface area contributed by atoms with E-state index in [-0.39, 0.29) is 35.3 Å². The van der Waals surface area contributed by atoms with E-state index in [1.165, 1.54) is 0 Å². The number of ether oxygens (including phenoxy) is 2. The molecular formula is C26H35N3O5. The number of carbonyl (C=O) groups is 3. The van der Waals surface area contributed by atoms with Crippen LogP contribution in [0.2, 0.25) is 0 Å². The summed E-state index contributed by atoms with van der Waals surface area (Å²) in [5.41, 5.74) is 0.778. The molecule has 184 valence electrons. The molecule has 2 atom stereocenters. The Bertz CT molecular complexity index is 928. The van der Waals surface area contributed by atoms with Crippen LogP contribution in [-0.2, 0) is 19.1 Å².